The van der Waals surface area contributed by atoms with E-state index < -0.39 is 13.0 Å². The molecule has 162 valence electrons. The highest BCUT2D eigenvalue weighted by Crippen LogP contribution is 2.35. The van der Waals surface area contributed by atoms with Gasteiger partial charge >= 0.3 is 0 Å². The van der Waals surface area contributed by atoms with Gasteiger partial charge in [-0.15, -0.1) is 0 Å². The minimum Gasteiger partial charge on any atom is -0.475 e. The Balaban J connectivity index is 1.73. The van der Waals surface area contributed by atoms with Gasteiger partial charge < -0.3 is 15.4 Å². The van der Waals surface area contributed by atoms with Crippen molar-refractivity contribution in [2.45, 2.75) is 33.7 Å². The van der Waals surface area contributed by atoms with Gasteiger partial charge in [0.05, 0.1) is 12.2 Å². The summed E-state index contributed by atoms with van der Waals surface area (Å²) >= 11 is 0. The summed E-state index contributed by atoms with van der Waals surface area (Å²) in [6.45, 7) is 5.74. The second kappa shape index (κ2) is 7.93. The number of benzene rings is 1. The zero-order valence-corrected chi connectivity index (χ0v) is 17.4. The summed E-state index contributed by atoms with van der Waals surface area (Å²) in [6.07, 6.45) is 0.416. The number of halogens is 2. The SMILES string of the molecule is Cc1cc(N2CCOc3ncnc(N)c3C2=O)cc(C)c1-c1cn(CC(F)F)nc1C. The molecule has 1 amide bonds. The second-order valence-corrected chi connectivity index (χ2v) is 7.44. The smallest absolute Gasteiger partial charge is 0.267 e. The summed E-state index contributed by atoms with van der Waals surface area (Å²) < 4.78 is 32.4. The lowest BCUT2D eigenvalue weighted by molar-refractivity contribution is 0.0990. The molecule has 3 heterocycles. The van der Waals surface area contributed by atoms with Crippen molar-refractivity contribution in [3.05, 3.63) is 47.0 Å². The number of hydrogen-bond donors (Lipinski definition) is 1. The minimum atomic E-state index is -2.48. The summed E-state index contributed by atoms with van der Waals surface area (Å²) in [4.78, 5) is 22.7. The van der Waals surface area contributed by atoms with Crippen LogP contribution < -0.4 is 15.4 Å². The van der Waals surface area contributed by atoms with Crippen LogP contribution in [0, 0.1) is 20.8 Å². The summed E-state index contributed by atoms with van der Waals surface area (Å²) in [5.41, 5.74) is 10.9. The highest BCUT2D eigenvalue weighted by Gasteiger charge is 2.29. The fraction of sp³-hybridized carbons (Fsp3) is 0.333. The molecule has 1 aliphatic heterocycles. The molecule has 31 heavy (non-hydrogen) atoms. The van der Waals surface area contributed by atoms with E-state index >= 15 is 0 Å². The number of alkyl halides is 2. The van der Waals surface area contributed by atoms with Gasteiger partial charge in [0.1, 0.15) is 30.9 Å². The van der Waals surface area contributed by atoms with E-state index in [9.17, 15) is 13.6 Å². The summed E-state index contributed by atoms with van der Waals surface area (Å²) in [5, 5.41) is 4.21. The fourth-order valence-corrected chi connectivity index (χ4v) is 3.93. The molecule has 2 N–H and O–H groups in total. The lowest BCUT2D eigenvalue weighted by Crippen LogP contribution is -2.33. The van der Waals surface area contributed by atoms with Crippen LogP contribution in [0.15, 0.2) is 24.7 Å². The van der Waals surface area contributed by atoms with Gasteiger partial charge in [-0.3, -0.25) is 9.48 Å². The van der Waals surface area contributed by atoms with Gasteiger partial charge in [0.15, 0.2) is 0 Å². The van der Waals surface area contributed by atoms with Crippen molar-refractivity contribution in [3.63, 3.8) is 0 Å². The number of carbonyl (C=O) groups is 1. The maximum Gasteiger partial charge on any atom is 0.267 e. The molecule has 0 radical (unpaired) electrons. The van der Waals surface area contributed by atoms with Crippen LogP contribution >= 0.6 is 0 Å². The number of rotatable bonds is 4. The van der Waals surface area contributed by atoms with Crippen molar-refractivity contribution >= 4 is 17.4 Å². The lowest BCUT2D eigenvalue weighted by atomic mass is 9.95. The van der Waals surface area contributed by atoms with Crippen molar-refractivity contribution in [2.75, 3.05) is 23.8 Å². The second-order valence-electron chi connectivity index (χ2n) is 7.44. The number of nitrogen functional groups attached to an aromatic ring is 1. The van der Waals surface area contributed by atoms with E-state index in [2.05, 4.69) is 15.1 Å². The first-order valence-corrected chi connectivity index (χ1v) is 9.75. The van der Waals surface area contributed by atoms with Crippen LogP contribution in [-0.4, -0.2) is 45.2 Å². The third-order valence-corrected chi connectivity index (χ3v) is 5.22. The predicted molar refractivity (Wildman–Crippen MR) is 111 cm³/mol. The average Bonchev–Trinajstić information content (AvgIpc) is 2.93. The molecule has 0 atom stereocenters. The van der Waals surface area contributed by atoms with Crippen molar-refractivity contribution < 1.29 is 18.3 Å². The van der Waals surface area contributed by atoms with Gasteiger partial charge in [-0.2, -0.15) is 5.10 Å². The number of fused-ring (bicyclic) bond motifs is 1. The molecule has 8 nitrogen and oxygen atoms in total. The molecule has 4 rings (SSSR count). The quantitative estimate of drug-likeness (QED) is 0.685. The van der Waals surface area contributed by atoms with Crippen LogP contribution in [0.25, 0.3) is 11.1 Å². The Morgan fingerprint density at radius 2 is 1.87 bits per heavy atom. The molecule has 0 bridgehead atoms. The summed E-state index contributed by atoms with van der Waals surface area (Å²) in [6, 6.07) is 3.77. The monoisotopic (exact) mass is 428 g/mol. The Morgan fingerprint density at radius 3 is 2.55 bits per heavy atom. The molecule has 1 aliphatic rings. The topological polar surface area (TPSA) is 99.2 Å². The minimum absolute atomic E-state index is 0.0639. The maximum absolute atomic E-state index is 13.2. The summed E-state index contributed by atoms with van der Waals surface area (Å²) in [7, 11) is 0. The maximum atomic E-state index is 13.2. The van der Waals surface area contributed by atoms with Gasteiger partial charge in [0.2, 0.25) is 5.88 Å². The number of hydrogen-bond acceptors (Lipinski definition) is 6. The Hall–Kier alpha value is -3.56. The Morgan fingerprint density at radius 1 is 1.16 bits per heavy atom. The molecule has 2 aromatic heterocycles. The van der Waals surface area contributed by atoms with Crippen LogP contribution in [0.2, 0.25) is 0 Å². The Labute approximate surface area is 177 Å². The van der Waals surface area contributed by atoms with E-state index in [1.165, 1.54) is 11.0 Å². The average molecular weight is 428 g/mol. The molecule has 0 saturated carbocycles. The molecule has 0 saturated heterocycles. The van der Waals surface area contributed by atoms with E-state index in [0.29, 0.717) is 17.9 Å². The zero-order chi connectivity index (χ0) is 22.3. The number of amides is 1. The largest absolute Gasteiger partial charge is 0.475 e. The van der Waals surface area contributed by atoms with Crippen molar-refractivity contribution in [3.8, 4) is 17.0 Å². The van der Waals surface area contributed by atoms with Gasteiger partial charge in [0, 0.05) is 17.4 Å². The number of aryl methyl sites for hydroxylation is 3. The normalized spacial score (nSPS) is 13.9. The van der Waals surface area contributed by atoms with E-state index in [1.807, 2.05) is 26.0 Å². The van der Waals surface area contributed by atoms with Crippen LogP contribution in [0.1, 0.15) is 27.2 Å². The molecular weight excluding hydrogens is 406 g/mol. The van der Waals surface area contributed by atoms with E-state index in [-0.39, 0.29) is 29.8 Å². The first kappa shape index (κ1) is 20.7. The van der Waals surface area contributed by atoms with Crippen molar-refractivity contribution in [1.29, 1.82) is 0 Å². The molecule has 3 aromatic rings. The molecule has 0 fully saturated rings. The number of aromatic nitrogens is 4. The molecule has 0 unspecified atom stereocenters. The van der Waals surface area contributed by atoms with Gasteiger partial charge in [0.25, 0.3) is 12.3 Å². The first-order valence-electron chi connectivity index (χ1n) is 9.75. The highest BCUT2D eigenvalue weighted by atomic mass is 19.3. The molecule has 0 spiro atoms. The standard InChI is InChI=1S/C21H22F2N6O2/c1-11-6-14(29-4-5-31-20-18(21(29)30)19(24)25-10-26-20)7-12(2)17(11)15-8-28(9-16(22)23)27-13(15)3/h6-8,10,16H,4-5,9H2,1-3H3,(H2,24,25,26). The fourth-order valence-electron chi connectivity index (χ4n) is 3.93. The summed E-state index contributed by atoms with van der Waals surface area (Å²) in [5.74, 6) is -0.0979. The third kappa shape index (κ3) is 3.80. The van der Waals surface area contributed by atoms with Gasteiger partial charge in [-0.1, -0.05) is 0 Å². The van der Waals surface area contributed by atoms with E-state index in [0.717, 1.165) is 22.3 Å². The molecule has 1 aromatic carbocycles. The van der Waals surface area contributed by atoms with E-state index in [1.54, 1.807) is 18.0 Å². The van der Waals surface area contributed by atoms with Gasteiger partial charge in [-0.25, -0.2) is 18.7 Å². The lowest BCUT2D eigenvalue weighted by Gasteiger charge is -2.23. The van der Waals surface area contributed by atoms with Crippen LogP contribution in [0.3, 0.4) is 0 Å². The highest BCUT2D eigenvalue weighted by molar-refractivity contribution is 6.10. The molecule has 0 aliphatic carbocycles. The van der Waals surface area contributed by atoms with Crippen LogP contribution in [0.4, 0.5) is 20.3 Å². The number of anilines is 2. The van der Waals surface area contributed by atoms with Gasteiger partial charge in [-0.05, 0) is 49.6 Å². The first-order chi connectivity index (χ1) is 14.8. The predicted octanol–water partition coefficient (Wildman–Crippen LogP) is 3.15. The number of nitrogens with two attached hydrogens (primary N) is 1. The number of nitrogens with zero attached hydrogens (tertiary/aromatic N) is 5. The molecular formula is C21H22F2N6O2. The Kier molecular flexibility index (Phi) is 5.30. The van der Waals surface area contributed by atoms with Crippen molar-refractivity contribution in [1.82, 2.24) is 19.7 Å². The van der Waals surface area contributed by atoms with E-state index in [4.69, 9.17) is 10.5 Å². The third-order valence-electron chi connectivity index (χ3n) is 5.22. The molecule has 10 heteroatoms. The number of carbonyl (C=O) groups excluding carboxylic acids is 1. The Bertz CT molecular complexity index is 1140. The zero-order valence-electron chi connectivity index (χ0n) is 17.4. The van der Waals surface area contributed by atoms with Crippen LogP contribution in [0.5, 0.6) is 5.88 Å². The number of ether oxygens (including phenoxy) is 1. The van der Waals surface area contributed by atoms with Crippen molar-refractivity contribution in [2.24, 2.45) is 0 Å². The van der Waals surface area contributed by atoms with Crippen LogP contribution in [-0.2, 0) is 6.54 Å².